The maximum absolute atomic E-state index is 9.30. The van der Waals surface area contributed by atoms with E-state index in [0.29, 0.717) is 5.56 Å². The molecule has 3 nitrogen and oxygen atoms in total. The molecule has 0 saturated carbocycles. The van der Waals surface area contributed by atoms with E-state index in [-0.39, 0.29) is 32.7 Å². The van der Waals surface area contributed by atoms with Gasteiger partial charge in [0.15, 0.2) is 0 Å². The van der Waals surface area contributed by atoms with Crippen molar-refractivity contribution in [1.29, 1.82) is 0 Å². The van der Waals surface area contributed by atoms with Crippen LogP contribution in [0.5, 0.6) is 0 Å². The van der Waals surface area contributed by atoms with Crippen LogP contribution in [0.25, 0.3) is 0 Å². The van der Waals surface area contributed by atoms with Gasteiger partial charge in [0.1, 0.15) is 6.33 Å². The van der Waals surface area contributed by atoms with E-state index in [2.05, 4.69) is 23.0 Å². The summed E-state index contributed by atoms with van der Waals surface area (Å²) in [5.41, 5.74) is -0.462. The molecule has 0 spiro atoms. The molecule has 0 bridgehead atoms. The Kier molecular flexibility index (Phi) is 31.1. The second kappa shape index (κ2) is 23.6. The summed E-state index contributed by atoms with van der Waals surface area (Å²) < 4.78 is 0. The van der Waals surface area contributed by atoms with Gasteiger partial charge in [0, 0.05) is 45.1 Å². The van der Waals surface area contributed by atoms with E-state index >= 15 is 0 Å². The molecule has 1 atom stereocenters. The molecule has 1 aromatic heterocycles. The van der Waals surface area contributed by atoms with Gasteiger partial charge in [-0.1, -0.05) is 48.5 Å². The maximum Gasteiger partial charge on any atom is 0.115 e. The standard InChI is InChI=1S/C7H9N2O.C6H5.3C2H6.Y/c1-7(2,10)6-3-8-5-9-4-6;1-2-4-6-5-3-1;3*1-2;/h3-5,10H,1H2,2H3;1-5H;3*1-2H3;/q2*-1;;;;. The first-order valence-corrected chi connectivity index (χ1v) is 7.85. The van der Waals surface area contributed by atoms with Gasteiger partial charge in [-0.3, -0.25) is 0 Å². The predicted octanol–water partition coefficient (Wildman–Crippen LogP) is 5.08. The monoisotopic (exact) mass is 393 g/mol. The molecule has 129 valence electrons. The number of aromatic nitrogens is 2. The van der Waals surface area contributed by atoms with Crippen molar-refractivity contribution in [3.8, 4) is 0 Å². The molecule has 2 rings (SSSR count). The van der Waals surface area contributed by atoms with E-state index in [9.17, 15) is 5.11 Å². The van der Waals surface area contributed by atoms with E-state index in [1.54, 1.807) is 19.3 Å². The molecule has 1 N–H and O–H groups in total. The van der Waals surface area contributed by atoms with Crippen LogP contribution in [0.4, 0.5) is 0 Å². The molecule has 4 heteroatoms. The van der Waals surface area contributed by atoms with Crippen LogP contribution >= 0.6 is 0 Å². The van der Waals surface area contributed by atoms with E-state index in [1.165, 1.54) is 6.33 Å². The molecule has 0 aliphatic heterocycles. The van der Waals surface area contributed by atoms with Crippen molar-refractivity contribution >= 4 is 0 Å². The SMILES string of the molecule is CC.CC.CC.[CH2-]C(C)(O)c1cncnc1.[Y].[c-]1ccccc1. The third-order valence-corrected chi connectivity index (χ3v) is 1.79. The Morgan fingerprint density at radius 2 is 1.30 bits per heavy atom. The van der Waals surface area contributed by atoms with Gasteiger partial charge in [-0.15, -0.1) is 0 Å². The zero-order chi connectivity index (χ0) is 17.9. The fourth-order valence-electron chi connectivity index (χ4n) is 0.919. The molecule has 1 unspecified atom stereocenters. The second-order valence-corrected chi connectivity index (χ2v) is 3.48. The zero-order valence-electron chi connectivity index (χ0n) is 15.7. The Labute approximate surface area is 168 Å². The van der Waals surface area contributed by atoms with E-state index in [1.807, 2.05) is 71.9 Å². The Bertz CT molecular complexity index is 362. The topological polar surface area (TPSA) is 46.0 Å². The summed E-state index contributed by atoms with van der Waals surface area (Å²) in [4.78, 5) is 7.48. The Balaban J connectivity index is -0.000000120. The van der Waals surface area contributed by atoms with Gasteiger partial charge in [-0.2, -0.15) is 36.4 Å². The number of hydrogen-bond donors (Lipinski definition) is 1. The Morgan fingerprint density at radius 3 is 1.48 bits per heavy atom. The van der Waals surface area contributed by atoms with Gasteiger partial charge in [-0.05, 0) is 11.2 Å². The minimum absolute atomic E-state index is 0. The van der Waals surface area contributed by atoms with Crippen LogP contribution < -0.4 is 0 Å². The number of rotatable bonds is 1. The molecule has 0 saturated heterocycles. The van der Waals surface area contributed by atoms with Crippen molar-refractivity contribution in [1.82, 2.24) is 9.97 Å². The van der Waals surface area contributed by atoms with Gasteiger partial charge >= 0.3 is 0 Å². The third-order valence-electron chi connectivity index (χ3n) is 1.79. The van der Waals surface area contributed by atoms with Gasteiger partial charge in [-0.25, -0.2) is 9.97 Å². The smallest absolute Gasteiger partial charge is 0.115 e. The minimum atomic E-state index is -1.08. The molecule has 1 radical (unpaired) electrons. The number of nitrogens with zero attached hydrogens (tertiary/aromatic N) is 2. The maximum atomic E-state index is 9.30. The average molecular weight is 393 g/mol. The minimum Gasteiger partial charge on any atom is -0.418 e. The first kappa shape index (κ1) is 30.3. The molecule has 0 aliphatic carbocycles. The summed E-state index contributed by atoms with van der Waals surface area (Å²) >= 11 is 0. The summed E-state index contributed by atoms with van der Waals surface area (Å²) in [5.74, 6) is 0. The number of aliphatic hydroxyl groups is 1. The molecule has 1 aromatic carbocycles. The van der Waals surface area contributed by atoms with Gasteiger partial charge in [0.2, 0.25) is 0 Å². The van der Waals surface area contributed by atoms with Crippen LogP contribution in [-0.4, -0.2) is 15.1 Å². The second-order valence-electron chi connectivity index (χ2n) is 3.48. The van der Waals surface area contributed by atoms with Crippen LogP contribution in [-0.2, 0) is 38.3 Å². The number of hydrogen-bond acceptors (Lipinski definition) is 3. The quantitative estimate of drug-likeness (QED) is 0.687. The predicted molar refractivity (Wildman–Crippen MR) is 96.3 cm³/mol. The Morgan fingerprint density at radius 1 is 0.913 bits per heavy atom. The first-order valence-electron chi connectivity index (χ1n) is 7.85. The molecule has 23 heavy (non-hydrogen) atoms. The third kappa shape index (κ3) is 21.4. The first-order chi connectivity index (χ1) is 10.6. The van der Waals surface area contributed by atoms with Crippen molar-refractivity contribution < 1.29 is 37.8 Å². The van der Waals surface area contributed by atoms with Crippen molar-refractivity contribution in [2.24, 2.45) is 0 Å². The Hall–Kier alpha value is -0.636. The molecule has 0 aliphatic rings. The number of benzene rings is 1. The van der Waals surface area contributed by atoms with Crippen LogP contribution in [0.1, 0.15) is 54.0 Å². The zero-order valence-corrected chi connectivity index (χ0v) is 18.6. The average Bonchev–Trinajstić information content (AvgIpc) is 2.62. The van der Waals surface area contributed by atoms with Crippen LogP contribution in [0.3, 0.4) is 0 Å². The summed E-state index contributed by atoms with van der Waals surface area (Å²) in [6.07, 6.45) is 4.50. The molecule has 2 aromatic rings. The largest absolute Gasteiger partial charge is 0.418 e. The van der Waals surface area contributed by atoms with Crippen LogP contribution in [0, 0.1) is 13.0 Å². The molecule has 1 heterocycles. The fraction of sp³-hybridized carbons (Fsp3) is 0.421. The van der Waals surface area contributed by atoms with Gasteiger partial charge in [0.25, 0.3) is 0 Å². The molecular formula is C19H32N2OY-2. The molecule has 0 fully saturated rings. The van der Waals surface area contributed by atoms with Crippen molar-refractivity contribution in [3.63, 3.8) is 0 Å². The van der Waals surface area contributed by atoms with Crippen molar-refractivity contribution in [2.75, 3.05) is 0 Å². The molecular weight excluding hydrogens is 361 g/mol. The van der Waals surface area contributed by atoms with Crippen LogP contribution in [0.15, 0.2) is 49.1 Å². The fourth-order valence-corrected chi connectivity index (χ4v) is 0.919. The van der Waals surface area contributed by atoms with E-state index in [0.717, 1.165) is 0 Å². The normalized spacial score (nSPS) is 9.96. The summed E-state index contributed by atoms with van der Waals surface area (Å²) in [6, 6.07) is 12.5. The molecule has 0 amide bonds. The van der Waals surface area contributed by atoms with Gasteiger partial charge in [0.05, 0.1) is 0 Å². The summed E-state index contributed by atoms with van der Waals surface area (Å²) in [5, 5.41) is 9.30. The van der Waals surface area contributed by atoms with Gasteiger partial charge < -0.3 is 12.0 Å². The van der Waals surface area contributed by atoms with Crippen molar-refractivity contribution in [2.45, 2.75) is 54.1 Å². The van der Waals surface area contributed by atoms with E-state index in [4.69, 9.17) is 0 Å². The van der Waals surface area contributed by atoms with E-state index < -0.39 is 5.60 Å². The van der Waals surface area contributed by atoms with Crippen LogP contribution in [0.2, 0.25) is 0 Å². The van der Waals surface area contributed by atoms with Crippen molar-refractivity contribution in [3.05, 3.63) is 67.6 Å². The summed E-state index contributed by atoms with van der Waals surface area (Å²) in [7, 11) is 0. The summed E-state index contributed by atoms with van der Waals surface area (Å²) in [6.45, 7) is 17.1.